The Balaban J connectivity index is 2.04. The van der Waals surface area contributed by atoms with Crippen LogP contribution in [0.4, 0.5) is 0 Å². The first kappa shape index (κ1) is 14.1. The third-order valence-corrected chi connectivity index (χ3v) is 3.14. The fourth-order valence-corrected chi connectivity index (χ4v) is 2.06. The summed E-state index contributed by atoms with van der Waals surface area (Å²) in [5.41, 5.74) is 0.973. The molecule has 0 aliphatic heterocycles. The van der Waals surface area contributed by atoms with Gasteiger partial charge in [0.2, 0.25) is 5.91 Å². The fraction of sp³-hybridized carbons (Fsp3) is 0.250. The molecule has 0 spiro atoms. The van der Waals surface area contributed by atoms with E-state index in [4.69, 9.17) is 4.74 Å². The molecule has 4 heteroatoms. The zero-order valence-electron chi connectivity index (χ0n) is 11.3. The Morgan fingerprint density at radius 2 is 1.85 bits per heavy atom. The van der Waals surface area contributed by atoms with Gasteiger partial charge in [-0.05, 0) is 5.56 Å². The highest BCUT2D eigenvalue weighted by Gasteiger charge is 2.24. The second kappa shape index (κ2) is 6.70. The zero-order chi connectivity index (χ0) is 14.4. The van der Waals surface area contributed by atoms with Gasteiger partial charge in [-0.2, -0.15) is 0 Å². The number of rotatable bonds is 5. The molecule has 104 valence electrons. The van der Waals surface area contributed by atoms with Crippen LogP contribution in [0.5, 0.6) is 0 Å². The number of amides is 1. The van der Waals surface area contributed by atoms with Gasteiger partial charge in [-0.1, -0.05) is 54.6 Å². The van der Waals surface area contributed by atoms with Crippen LogP contribution in [0.1, 0.15) is 5.56 Å². The topological polar surface area (TPSA) is 55.4 Å². The normalized spacial score (nSPS) is 15.1. The third-order valence-electron chi connectivity index (χ3n) is 3.14. The molecule has 1 amide bonds. The lowest BCUT2D eigenvalue weighted by Crippen LogP contribution is -2.44. The van der Waals surface area contributed by atoms with E-state index in [1.54, 1.807) is 12.2 Å². The van der Waals surface area contributed by atoms with Crippen LogP contribution in [0.25, 0.3) is 0 Å². The summed E-state index contributed by atoms with van der Waals surface area (Å²) < 4.78 is 4.76. The predicted octanol–water partition coefficient (Wildman–Crippen LogP) is 1.63. The number of nitrogens with one attached hydrogen (secondary N) is 1. The molecule has 2 rings (SSSR count). The highest BCUT2D eigenvalue weighted by atomic mass is 16.5. The first-order valence-corrected chi connectivity index (χ1v) is 6.48. The molecule has 1 aromatic rings. The Labute approximate surface area is 118 Å². The van der Waals surface area contributed by atoms with Gasteiger partial charge in [-0.3, -0.25) is 4.79 Å². The smallest absolute Gasteiger partial charge is 0.328 e. The molecule has 1 aromatic carbocycles. The Bertz CT molecular complexity index is 522. The number of hydrogen-bond acceptors (Lipinski definition) is 3. The van der Waals surface area contributed by atoms with Crippen LogP contribution < -0.4 is 5.32 Å². The number of benzene rings is 1. The summed E-state index contributed by atoms with van der Waals surface area (Å²) in [4.78, 5) is 23.8. The number of carbonyl (C=O) groups is 2. The molecule has 4 nitrogen and oxygen atoms in total. The van der Waals surface area contributed by atoms with Crippen LogP contribution in [0, 0.1) is 5.92 Å². The van der Waals surface area contributed by atoms with Crippen molar-refractivity contribution in [1.29, 1.82) is 0 Å². The van der Waals surface area contributed by atoms with E-state index in [1.165, 1.54) is 7.11 Å². The quantitative estimate of drug-likeness (QED) is 0.828. The van der Waals surface area contributed by atoms with Crippen molar-refractivity contribution in [1.82, 2.24) is 5.32 Å². The van der Waals surface area contributed by atoms with Crippen molar-refractivity contribution in [3.63, 3.8) is 0 Å². The van der Waals surface area contributed by atoms with Crippen molar-refractivity contribution >= 4 is 11.9 Å². The van der Waals surface area contributed by atoms with Gasteiger partial charge in [-0.15, -0.1) is 0 Å². The summed E-state index contributed by atoms with van der Waals surface area (Å²) in [5, 5.41) is 2.74. The van der Waals surface area contributed by atoms with Crippen LogP contribution in [0.15, 0.2) is 54.6 Å². The summed E-state index contributed by atoms with van der Waals surface area (Å²) in [7, 11) is 1.32. The maximum absolute atomic E-state index is 12.0. The summed E-state index contributed by atoms with van der Waals surface area (Å²) in [6.45, 7) is 0. The first-order valence-electron chi connectivity index (χ1n) is 6.48. The molecule has 0 bridgehead atoms. The molecule has 1 aliphatic carbocycles. The van der Waals surface area contributed by atoms with Crippen LogP contribution in [0.3, 0.4) is 0 Å². The number of allylic oxidation sites excluding steroid dienone is 2. The van der Waals surface area contributed by atoms with Crippen molar-refractivity contribution in [2.75, 3.05) is 7.11 Å². The Morgan fingerprint density at radius 3 is 2.45 bits per heavy atom. The molecule has 0 fully saturated rings. The Morgan fingerprint density at radius 1 is 1.20 bits per heavy atom. The molecule has 0 heterocycles. The number of esters is 1. The Hall–Kier alpha value is -2.36. The number of carbonyl (C=O) groups excluding carboxylic acids is 2. The number of ether oxygens (including phenoxy) is 1. The molecule has 0 saturated heterocycles. The molecule has 0 saturated carbocycles. The first-order chi connectivity index (χ1) is 9.70. The van der Waals surface area contributed by atoms with Crippen molar-refractivity contribution in [2.45, 2.75) is 12.5 Å². The SMILES string of the molecule is COC(=O)[C@H](Cc1ccccc1)NC(=O)C1C=CC=C1. The van der Waals surface area contributed by atoms with Gasteiger partial charge >= 0.3 is 5.97 Å². The zero-order valence-corrected chi connectivity index (χ0v) is 11.3. The van der Waals surface area contributed by atoms with E-state index in [9.17, 15) is 9.59 Å². The van der Waals surface area contributed by atoms with Crippen LogP contribution in [-0.4, -0.2) is 25.0 Å². The number of methoxy groups -OCH3 is 1. The molecule has 1 atom stereocenters. The summed E-state index contributed by atoms with van der Waals surface area (Å²) in [6.07, 6.45) is 7.61. The van der Waals surface area contributed by atoms with Gasteiger partial charge in [0.1, 0.15) is 6.04 Å². The largest absolute Gasteiger partial charge is 0.467 e. The predicted molar refractivity (Wildman–Crippen MR) is 75.9 cm³/mol. The fourth-order valence-electron chi connectivity index (χ4n) is 2.06. The molecular formula is C16H17NO3. The van der Waals surface area contributed by atoms with Crippen molar-refractivity contribution in [2.24, 2.45) is 5.92 Å². The van der Waals surface area contributed by atoms with Crippen molar-refractivity contribution in [3.8, 4) is 0 Å². The summed E-state index contributed by atoms with van der Waals surface area (Å²) in [5.74, 6) is -0.938. The van der Waals surface area contributed by atoms with Crippen LogP contribution >= 0.6 is 0 Å². The van der Waals surface area contributed by atoms with Crippen molar-refractivity contribution in [3.05, 3.63) is 60.2 Å². The van der Waals surface area contributed by atoms with E-state index < -0.39 is 12.0 Å². The van der Waals surface area contributed by atoms with Crippen LogP contribution in [0.2, 0.25) is 0 Å². The van der Waals surface area contributed by atoms with E-state index in [0.29, 0.717) is 6.42 Å². The maximum atomic E-state index is 12.0. The van der Waals surface area contributed by atoms with E-state index in [0.717, 1.165) is 5.56 Å². The minimum Gasteiger partial charge on any atom is -0.467 e. The van der Waals surface area contributed by atoms with Gasteiger partial charge in [-0.25, -0.2) is 4.79 Å². The van der Waals surface area contributed by atoms with E-state index in [-0.39, 0.29) is 11.8 Å². The molecule has 0 aromatic heterocycles. The summed E-state index contributed by atoms with van der Waals surface area (Å²) >= 11 is 0. The highest BCUT2D eigenvalue weighted by Crippen LogP contribution is 2.10. The lowest BCUT2D eigenvalue weighted by Gasteiger charge is -2.18. The van der Waals surface area contributed by atoms with Gasteiger partial charge in [0.05, 0.1) is 13.0 Å². The minimum absolute atomic E-state index is 0.193. The molecule has 1 aliphatic rings. The van der Waals surface area contributed by atoms with Gasteiger partial charge in [0, 0.05) is 6.42 Å². The molecule has 0 unspecified atom stereocenters. The lowest BCUT2D eigenvalue weighted by atomic mass is 10.0. The lowest BCUT2D eigenvalue weighted by molar-refractivity contribution is -0.145. The molecule has 1 N–H and O–H groups in total. The monoisotopic (exact) mass is 271 g/mol. The second-order valence-electron chi connectivity index (χ2n) is 4.57. The average molecular weight is 271 g/mol. The molecular weight excluding hydrogens is 254 g/mol. The van der Waals surface area contributed by atoms with Crippen molar-refractivity contribution < 1.29 is 14.3 Å². The standard InChI is InChI=1S/C16H17NO3/c1-20-16(19)14(11-12-7-3-2-4-8-12)17-15(18)13-9-5-6-10-13/h2-10,13-14H,11H2,1H3,(H,17,18)/t14-/m0/s1. The average Bonchev–Trinajstić information content (AvgIpc) is 3.01. The number of hydrogen-bond donors (Lipinski definition) is 1. The third kappa shape index (κ3) is 3.57. The maximum Gasteiger partial charge on any atom is 0.328 e. The van der Waals surface area contributed by atoms with E-state index in [1.807, 2.05) is 42.5 Å². The van der Waals surface area contributed by atoms with Crippen LogP contribution in [-0.2, 0) is 20.7 Å². The molecule has 20 heavy (non-hydrogen) atoms. The Kier molecular flexibility index (Phi) is 4.71. The highest BCUT2D eigenvalue weighted by molar-refractivity contribution is 5.88. The van der Waals surface area contributed by atoms with Gasteiger partial charge in [0.25, 0.3) is 0 Å². The van der Waals surface area contributed by atoms with E-state index in [2.05, 4.69) is 5.32 Å². The van der Waals surface area contributed by atoms with E-state index >= 15 is 0 Å². The van der Waals surface area contributed by atoms with Gasteiger partial charge in [0.15, 0.2) is 0 Å². The summed E-state index contributed by atoms with van der Waals surface area (Å²) in [6, 6.07) is 8.86. The minimum atomic E-state index is -0.669. The molecule has 0 radical (unpaired) electrons. The second-order valence-corrected chi connectivity index (χ2v) is 4.57. The van der Waals surface area contributed by atoms with Gasteiger partial charge < -0.3 is 10.1 Å².